The zero-order valence-electron chi connectivity index (χ0n) is 12.5. The second-order valence-electron chi connectivity index (χ2n) is 7.06. The lowest BCUT2D eigenvalue weighted by Gasteiger charge is -2.36. The molecule has 0 bridgehead atoms. The molecule has 4 fully saturated rings. The molecule has 3 aliphatic heterocycles. The topological polar surface area (TPSA) is 69.9 Å². The van der Waals surface area contributed by atoms with E-state index >= 15 is 0 Å². The number of primary amides is 1. The van der Waals surface area contributed by atoms with Crippen LogP contribution in [0.25, 0.3) is 0 Å². The molecular weight excluding hydrogens is 268 g/mol. The monoisotopic (exact) mass is 292 g/mol. The minimum Gasteiger partial charge on any atom is -0.368 e. The van der Waals surface area contributed by atoms with Gasteiger partial charge in [0.1, 0.15) is 5.54 Å². The third-order valence-corrected chi connectivity index (χ3v) is 5.86. The van der Waals surface area contributed by atoms with Gasteiger partial charge in [-0.15, -0.1) is 0 Å². The number of piperidine rings is 1. The Morgan fingerprint density at radius 2 is 1.81 bits per heavy atom. The maximum absolute atomic E-state index is 12.7. The fourth-order valence-electron chi connectivity index (χ4n) is 4.45. The Morgan fingerprint density at radius 1 is 1.10 bits per heavy atom. The minimum atomic E-state index is -0.718. The fourth-order valence-corrected chi connectivity index (χ4v) is 4.45. The summed E-state index contributed by atoms with van der Waals surface area (Å²) in [5.74, 6) is -0.328. The molecule has 0 aromatic rings. The Hall–Kier alpha value is -1.30. The summed E-state index contributed by atoms with van der Waals surface area (Å²) in [5.41, 5.74) is 4.91. The van der Waals surface area contributed by atoms with Gasteiger partial charge in [-0.3, -0.25) is 4.79 Å². The van der Waals surface area contributed by atoms with E-state index in [4.69, 9.17) is 5.73 Å². The number of fused-ring (bicyclic) bond motifs is 1. The summed E-state index contributed by atoms with van der Waals surface area (Å²) in [5, 5.41) is 0. The normalized spacial score (nSPS) is 34.6. The van der Waals surface area contributed by atoms with E-state index in [-0.39, 0.29) is 18.0 Å². The second kappa shape index (κ2) is 4.60. The van der Waals surface area contributed by atoms with Gasteiger partial charge in [0.25, 0.3) is 0 Å². The number of amides is 3. The van der Waals surface area contributed by atoms with Crippen molar-refractivity contribution in [3.8, 4) is 0 Å². The van der Waals surface area contributed by atoms with Gasteiger partial charge in [-0.25, -0.2) is 4.79 Å². The molecule has 1 aliphatic carbocycles. The van der Waals surface area contributed by atoms with E-state index in [9.17, 15) is 9.59 Å². The first-order chi connectivity index (χ1) is 10.1. The van der Waals surface area contributed by atoms with Gasteiger partial charge >= 0.3 is 6.03 Å². The number of hydrogen-bond acceptors (Lipinski definition) is 3. The van der Waals surface area contributed by atoms with Gasteiger partial charge in [-0.05, 0) is 38.5 Å². The molecule has 4 rings (SSSR count). The highest BCUT2D eigenvalue weighted by atomic mass is 16.2. The number of carbonyl (C=O) groups is 2. The number of urea groups is 1. The van der Waals surface area contributed by atoms with Gasteiger partial charge < -0.3 is 20.4 Å². The summed E-state index contributed by atoms with van der Waals surface area (Å²) in [6.07, 6.45) is 6.36. The molecular formula is C15H24N4O2. The lowest BCUT2D eigenvalue weighted by molar-refractivity contribution is -0.126. The molecule has 0 radical (unpaired) electrons. The lowest BCUT2D eigenvalue weighted by Crippen LogP contribution is -2.52. The predicted octanol–water partition coefficient (Wildman–Crippen LogP) is 0.369. The Labute approximate surface area is 125 Å². The maximum Gasteiger partial charge on any atom is 0.321 e. The molecule has 0 spiro atoms. The molecule has 3 amide bonds. The van der Waals surface area contributed by atoms with Crippen molar-refractivity contribution in [2.24, 2.45) is 5.73 Å². The number of carbonyl (C=O) groups excluding carboxylic acids is 2. The standard InChI is InChI=1S/C15H24N4O2/c16-13(20)15-6-1-7-19(15)14(21)18(10-15)12-4-8-17(9-5-12)11-2-3-11/h11-12H,1-10H2,(H2,16,20)/t15-/m1/s1. The Balaban J connectivity index is 1.47. The van der Waals surface area contributed by atoms with Crippen LogP contribution in [-0.2, 0) is 4.79 Å². The number of nitrogens with zero attached hydrogens (tertiary/aromatic N) is 3. The Morgan fingerprint density at radius 3 is 2.38 bits per heavy atom. The van der Waals surface area contributed by atoms with Crippen LogP contribution in [0.3, 0.4) is 0 Å². The molecule has 6 nitrogen and oxygen atoms in total. The number of hydrogen-bond donors (Lipinski definition) is 1. The van der Waals surface area contributed by atoms with Crippen LogP contribution >= 0.6 is 0 Å². The summed E-state index contributed by atoms with van der Waals surface area (Å²) >= 11 is 0. The van der Waals surface area contributed by atoms with Crippen LogP contribution in [0.2, 0.25) is 0 Å². The van der Waals surface area contributed by atoms with Crippen LogP contribution in [-0.4, -0.2) is 70.4 Å². The first-order valence-corrected chi connectivity index (χ1v) is 8.24. The highest BCUT2D eigenvalue weighted by molar-refractivity contribution is 5.94. The summed E-state index contributed by atoms with van der Waals surface area (Å²) < 4.78 is 0. The van der Waals surface area contributed by atoms with Crippen LogP contribution in [0.15, 0.2) is 0 Å². The van der Waals surface area contributed by atoms with E-state index in [1.807, 2.05) is 4.90 Å². The average Bonchev–Trinajstić information content (AvgIpc) is 3.17. The number of nitrogens with two attached hydrogens (primary N) is 1. The third-order valence-electron chi connectivity index (χ3n) is 5.86. The van der Waals surface area contributed by atoms with Crippen molar-refractivity contribution >= 4 is 11.9 Å². The average molecular weight is 292 g/mol. The summed E-state index contributed by atoms with van der Waals surface area (Å²) in [6.45, 7) is 3.36. The number of likely N-dealkylation sites (tertiary alicyclic amines) is 1. The van der Waals surface area contributed by atoms with Crippen LogP contribution in [0.5, 0.6) is 0 Å². The smallest absolute Gasteiger partial charge is 0.321 e. The molecule has 0 aromatic carbocycles. The highest BCUT2D eigenvalue weighted by Gasteiger charge is 2.57. The van der Waals surface area contributed by atoms with Gasteiger partial charge in [0.15, 0.2) is 0 Å². The number of rotatable bonds is 3. The molecule has 6 heteroatoms. The van der Waals surface area contributed by atoms with Crippen LogP contribution in [0, 0.1) is 0 Å². The second-order valence-corrected chi connectivity index (χ2v) is 7.06. The summed E-state index contributed by atoms with van der Waals surface area (Å²) in [6, 6.07) is 1.13. The van der Waals surface area contributed by atoms with E-state index < -0.39 is 5.54 Å². The summed E-state index contributed by atoms with van der Waals surface area (Å²) in [4.78, 5) is 30.8. The van der Waals surface area contributed by atoms with Crippen LogP contribution in [0.1, 0.15) is 38.5 Å². The first-order valence-electron chi connectivity index (χ1n) is 8.24. The lowest BCUT2D eigenvalue weighted by atomic mass is 9.95. The molecule has 3 heterocycles. The molecule has 116 valence electrons. The van der Waals surface area contributed by atoms with Crippen molar-refractivity contribution < 1.29 is 9.59 Å². The van der Waals surface area contributed by atoms with Crippen molar-refractivity contribution in [3.05, 3.63) is 0 Å². The zero-order chi connectivity index (χ0) is 14.6. The van der Waals surface area contributed by atoms with Crippen LogP contribution < -0.4 is 5.73 Å². The van der Waals surface area contributed by atoms with Crippen LogP contribution in [0.4, 0.5) is 4.79 Å². The molecule has 2 N–H and O–H groups in total. The van der Waals surface area contributed by atoms with E-state index in [0.29, 0.717) is 13.1 Å². The van der Waals surface area contributed by atoms with E-state index in [1.54, 1.807) is 4.90 Å². The third kappa shape index (κ3) is 1.95. The van der Waals surface area contributed by atoms with E-state index in [1.165, 1.54) is 12.8 Å². The molecule has 1 atom stereocenters. The molecule has 3 saturated heterocycles. The Bertz CT molecular complexity index is 470. The van der Waals surface area contributed by atoms with E-state index in [2.05, 4.69) is 4.90 Å². The van der Waals surface area contributed by atoms with Crippen molar-refractivity contribution in [2.45, 2.75) is 56.1 Å². The quantitative estimate of drug-likeness (QED) is 0.817. The van der Waals surface area contributed by atoms with Crippen molar-refractivity contribution in [2.75, 3.05) is 26.2 Å². The van der Waals surface area contributed by atoms with Gasteiger partial charge in [-0.1, -0.05) is 0 Å². The van der Waals surface area contributed by atoms with Gasteiger partial charge in [0.2, 0.25) is 5.91 Å². The molecule has 0 aromatic heterocycles. The van der Waals surface area contributed by atoms with Crippen molar-refractivity contribution in [1.82, 2.24) is 14.7 Å². The largest absolute Gasteiger partial charge is 0.368 e. The molecule has 21 heavy (non-hydrogen) atoms. The van der Waals surface area contributed by atoms with Crippen molar-refractivity contribution in [1.29, 1.82) is 0 Å². The fraction of sp³-hybridized carbons (Fsp3) is 0.867. The van der Waals surface area contributed by atoms with Crippen molar-refractivity contribution in [3.63, 3.8) is 0 Å². The summed E-state index contributed by atoms with van der Waals surface area (Å²) in [7, 11) is 0. The SMILES string of the molecule is NC(=O)[C@]12CCCN1C(=O)N(C1CCN(C3CC3)CC1)C2. The van der Waals surface area contributed by atoms with Gasteiger partial charge in [-0.2, -0.15) is 0 Å². The molecule has 1 saturated carbocycles. The first kappa shape index (κ1) is 13.4. The van der Waals surface area contributed by atoms with Gasteiger partial charge in [0, 0.05) is 31.7 Å². The minimum absolute atomic E-state index is 0.0381. The highest BCUT2D eigenvalue weighted by Crippen LogP contribution is 2.39. The van der Waals surface area contributed by atoms with E-state index in [0.717, 1.165) is 44.8 Å². The molecule has 0 unspecified atom stereocenters. The Kier molecular flexibility index (Phi) is 2.93. The predicted molar refractivity (Wildman–Crippen MR) is 77.6 cm³/mol. The maximum atomic E-state index is 12.7. The van der Waals surface area contributed by atoms with Gasteiger partial charge in [0.05, 0.1) is 6.54 Å². The molecule has 4 aliphatic rings. The zero-order valence-corrected chi connectivity index (χ0v) is 12.5.